The van der Waals surface area contributed by atoms with Crippen LogP contribution in [0.1, 0.15) is 90.2 Å². The first-order chi connectivity index (χ1) is 17.4. The Kier molecular flexibility index (Phi) is 11.3. The zero-order chi connectivity index (χ0) is 25.8. The molecule has 0 amide bonds. The molecule has 0 saturated heterocycles. The number of carbonyl (C=O) groups is 1. The van der Waals surface area contributed by atoms with E-state index in [1.165, 1.54) is 36.8 Å². The number of hydrogen-bond donors (Lipinski definition) is 1. The van der Waals surface area contributed by atoms with E-state index in [9.17, 15) is 4.79 Å². The topological polar surface area (TPSA) is 38.3 Å². The van der Waals surface area contributed by atoms with Gasteiger partial charge in [-0.3, -0.25) is 0 Å². The molecule has 1 fully saturated rings. The summed E-state index contributed by atoms with van der Waals surface area (Å²) in [5.41, 5.74) is 2.53. The van der Waals surface area contributed by atoms with Crippen molar-refractivity contribution in [1.82, 2.24) is 5.32 Å². The second-order valence-corrected chi connectivity index (χ2v) is 11.3. The molecule has 1 saturated carbocycles. The summed E-state index contributed by atoms with van der Waals surface area (Å²) >= 11 is 0. The fourth-order valence-corrected chi connectivity index (χ4v) is 5.65. The van der Waals surface area contributed by atoms with E-state index in [1.807, 2.05) is 12.1 Å². The molecule has 3 rings (SSSR count). The second-order valence-electron chi connectivity index (χ2n) is 11.3. The first-order valence-corrected chi connectivity index (χ1v) is 14.1. The third-order valence-electron chi connectivity index (χ3n) is 8.01. The second kappa shape index (κ2) is 14.4. The lowest BCUT2D eigenvalue weighted by molar-refractivity contribution is -0.150. The third kappa shape index (κ3) is 8.62. The maximum atomic E-state index is 13.0. The van der Waals surface area contributed by atoms with Crippen LogP contribution in [-0.4, -0.2) is 18.1 Å². The van der Waals surface area contributed by atoms with Crippen molar-refractivity contribution in [1.29, 1.82) is 0 Å². The maximum Gasteiger partial charge on any atom is 0.330 e. The molecule has 1 aliphatic rings. The molecule has 1 N–H and O–H groups in total. The van der Waals surface area contributed by atoms with Crippen molar-refractivity contribution >= 4 is 5.97 Å². The minimum absolute atomic E-state index is 0.0465. The van der Waals surface area contributed by atoms with E-state index in [2.05, 4.69) is 87.6 Å². The lowest BCUT2D eigenvalue weighted by Gasteiger charge is -2.43. The molecular weight excluding hydrogens is 442 g/mol. The first-order valence-electron chi connectivity index (χ1n) is 14.1. The molecule has 0 aromatic heterocycles. The van der Waals surface area contributed by atoms with Crippen molar-refractivity contribution in [3.05, 3.63) is 83.9 Å². The van der Waals surface area contributed by atoms with E-state index in [0.29, 0.717) is 11.8 Å². The van der Waals surface area contributed by atoms with Gasteiger partial charge >= 0.3 is 5.97 Å². The van der Waals surface area contributed by atoms with Crippen LogP contribution in [-0.2, 0) is 21.5 Å². The van der Waals surface area contributed by atoms with Crippen LogP contribution >= 0.6 is 0 Å². The highest BCUT2D eigenvalue weighted by atomic mass is 16.5. The maximum absolute atomic E-state index is 13.0. The highest BCUT2D eigenvalue weighted by Crippen LogP contribution is 2.43. The van der Waals surface area contributed by atoms with Gasteiger partial charge in [-0.2, -0.15) is 0 Å². The van der Waals surface area contributed by atoms with E-state index in [0.717, 1.165) is 32.2 Å². The Labute approximate surface area is 219 Å². The summed E-state index contributed by atoms with van der Waals surface area (Å²) in [7, 11) is 0. The van der Waals surface area contributed by atoms with Crippen molar-refractivity contribution in [3.8, 4) is 0 Å². The predicted octanol–water partition coefficient (Wildman–Crippen LogP) is 8.00. The number of benzene rings is 2. The molecule has 196 valence electrons. The van der Waals surface area contributed by atoms with Crippen LogP contribution in [0.2, 0.25) is 0 Å². The number of ether oxygens (including phenoxy) is 1. The van der Waals surface area contributed by atoms with Crippen LogP contribution in [0.4, 0.5) is 0 Å². The normalized spacial score (nSPS) is 21.4. The summed E-state index contributed by atoms with van der Waals surface area (Å²) in [6.07, 6.45) is 12.8. The van der Waals surface area contributed by atoms with Crippen LogP contribution in [0, 0.1) is 11.8 Å². The Balaban J connectivity index is 1.64. The average Bonchev–Trinajstić information content (AvgIpc) is 2.88. The molecular formula is C33H47NO2. The van der Waals surface area contributed by atoms with E-state index >= 15 is 0 Å². The van der Waals surface area contributed by atoms with Gasteiger partial charge < -0.3 is 10.1 Å². The first kappa shape index (κ1) is 28.2. The molecule has 0 heterocycles. The lowest BCUT2D eigenvalue weighted by Crippen LogP contribution is -2.43. The Morgan fingerprint density at radius 2 is 1.72 bits per heavy atom. The van der Waals surface area contributed by atoms with Gasteiger partial charge in [0, 0.05) is 24.6 Å². The van der Waals surface area contributed by atoms with E-state index in [4.69, 9.17) is 4.74 Å². The molecule has 0 unspecified atom stereocenters. The summed E-state index contributed by atoms with van der Waals surface area (Å²) in [5.74, 6) is 0.686. The third-order valence-corrected chi connectivity index (χ3v) is 8.01. The highest BCUT2D eigenvalue weighted by molar-refractivity contribution is 5.82. The zero-order valence-corrected chi connectivity index (χ0v) is 22.9. The van der Waals surface area contributed by atoms with Crippen LogP contribution < -0.4 is 5.32 Å². The number of nitrogens with one attached hydrogen (secondary N) is 1. The summed E-state index contributed by atoms with van der Waals surface area (Å²) in [6, 6.07) is 21.3. The van der Waals surface area contributed by atoms with Gasteiger partial charge in [0.15, 0.2) is 0 Å². The van der Waals surface area contributed by atoms with Crippen molar-refractivity contribution in [3.63, 3.8) is 0 Å². The van der Waals surface area contributed by atoms with Gasteiger partial charge in [-0.1, -0.05) is 127 Å². The molecule has 2 aromatic rings. The molecule has 3 heteroatoms. The number of carbonyl (C=O) groups excluding carboxylic acids is 1. The summed E-state index contributed by atoms with van der Waals surface area (Å²) in [6.45, 7) is 9.92. The SMILES string of the molecule is CCCCCC[C@H](/C=C/C(=O)O[C@@H]1C[C@H](C)CC[C@H]1C(C)(C)c1ccccc1)NCc1ccccc1. The Morgan fingerprint density at radius 1 is 1.03 bits per heavy atom. The van der Waals surface area contributed by atoms with Crippen LogP contribution in [0.5, 0.6) is 0 Å². The van der Waals surface area contributed by atoms with Crippen molar-refractivity contribution in [2.45, 2.75) is 103 Å². The fraction of sp³-hybridized carbons (Fsp3) is 0.545. The Bertz CT molecular complexity index is 921. The molecule has 1 aliphatic carbocycles. The van der Waals surface area contributed by atoms with E-state index in [-0.39, 0.29) is 23.5 Å². The average molecular weight is 490 g/mol. The molecule has 0 bridgehead atoms. The van der Waals surface area contributed by atoms with Gasteiger partial charge in [-0.05, 0) is 41.7 Å². The van der Waals surface area contributed by atoms with Gasteiger partial charge in [0.1, 0.15) is 6.10 Å². The minimum atomic E-state index is -0.206. The summed E-state index contributed by atoms with van der Waals surface area (Å²) in [4.78, 5) is 13.0. The molecule has 36 heavy (non-hydrogen) atoms. The van der Waals surface area contributed by atoms with Gasteiger partial charge in [0.2, 0.25) is 0 Å². The number of hydrogen-bond acceptors (Lipinski definition) is 3. The molecule has 4 atom stereocenters. The van der Waals surface area contributed by atoms with Crippen LogP contribution in [0.3, 0.4) is 0 Å². The molecule has 2 aromatic carbocycles. The summed E-state index contributed by atoms with van der Waals surface area (Å²) in [5, 5.41) is 3.64. The number of unbranched alkanes of at least 4 members (excludes halogenated alkanes) is 3. The molecule has 0 aliphatic heterocycles. The van der Waals surface area contributed by atoms with Crippen LogP contribution in [0.25, 0.3) is 0 Å². The number of esters is 1. The van der Waals surface area contributed by atoms with Gasteiger partial charge in [-0.25, -0.2) is 4.79 Å². The largest absolute Gasteiger partial charge is 0.459 e. The predicted molar refractivity (Wildman–Crippen MR) is 151 cm³/mol. The van der Waals surface area contributed by atoms with Crippen molar-refractivity contribution in [2.75, 3.05) is 0 Å². The van der Waals surface area contributed by atoms with Gasteiger partial charge in [0.25, 0.3) is 0 Å². The fourth-order valence-electron chi connectivity index (χ4n) is 5.65. The zero-order valence-electron chi connectivity index (χ0n) is 22.9. The van der Waals surface area contributed by atoms with Gasteiger partial charge in [0.05, 0.1) is 0 Å². The Morgan fingerprint density at radius 3 is 2.42 bits per heavy atom. The Hall–Kier alpha value is -2.39. The van der Waals surface area contributed by atoms with E-state index < -0.39 is 0 Å². The molecule has 0 spiro atoms. The summed E-state index contributed by atoms with van der Waals surface area (Å²) < 4.78 is 6.18. The monoisotopic (exact) mass is 489 g/mol. The highest BCUT2D eigenvalue weighted by Gasteiger charge is 2.41. The quantitative estimate of drug-likeness (QED) is 0.176. The van der Waals surface area contributed by atoms with Crippen molar-refractivity contribution < 1.29 is 9.53 Å². The molecule has 0 radical (unpaired) electrons. The standard InChI is InChI=1S/C33H47NO2/c1-5-6-7-14-19-29(34-25-27-15-10-8-11-16-27)21-23-32(35)36-31-24-26(2)20-22-30(31)33(3,4)28-17-12-9-13-18-28/h8-13,15-18,21,23,26,29-31,34H,5-7,14,19-20,22,24-25H2,1-4H3/b23-21+/t26-,29-,30-,31-/m1/s1. The van der Waals surface area contributed by atoms with Gasteiger partial charge in [-0.15, -0.1) is 0 Å². The lowest BCUT2D eigenvalue weighted by atomic mass is 9.64. The van der Waals surface area contributed by atoms with E-state index in [1.54, 1.807) is 6.08 Å². The number of rotatable bonds is 13. The van der Waals surface area contributed by atoms with Crippen molar-refractivity contribution in [2.24, 2.45) is 11.8 Å². The smallest absolute Gasteiger partial charge is 0.330 e. The molecule has 3 nitrogen and oxygen atoms in total. The minimum Gasteiger partial charge on any atom is -0.459 e. The van der Waals surface area contributed by atoms with Crippen LogP contribution in [0.15, 0.2) is 72.8 Å².